The van der Waals surface area contributed by atoms with Gasteiger partial charge in [0.15, 0.2) is 0 Å². The van der Waals surface area contributed by atoms with Gasteiger partial charge in [-0.1, -0.05) is 12.2 Å². The zero-order chi connectivity index (χ0) is 9.26. The summed E-state index contributed by atoms with van der Waals surface area (Å²) in [5.41, 5.74) is 0. The maximum absolute atomic E-state index is 5.24. The minimum atomic E-state index is 0.542. The summed E-state index contributed by atoms with van der Waals surface area (Å²) in [5.74, 6) is 1.04. The van der Waals surface area contributed by atoms with E-state index in [1.807, 2.05) is 17.8 Å². The third-order valence-corrected chi connectivity index (χ3v) is 2.40. The van der Waals surface area contributed by atoms with Crippen molar-refractivity contribution in [1.82, 2.24) is 9.78 Å². The molecule has 2 heterocycles. The Morgan fingerprint density at radius 3 is 3.08 bits per heavy atom. The number of aromatic nitrogens is 2. The molecule has 0 N–H and O–H groups in total. The lowest BCUT2D eigenvalue weighted by Gasteiger charge is -2.28. The van der Waals surface area contributed by atoms with Crippen LogP contribution in [0.4, 0.5) is 5.82 Å². The van der Waals surface area contributed by atoms with Gasteiger partial charge >= 0.3 is 0 Å². The Hall–Kier alpha value is -0.940. The molecule has 13 heavy (non-hydrogen) atoms. The van der Waals surface area contributed by atoms with Gasteiger partial charge in [0.1, 0.15) is 10.8 Å². The van der Waals surface area contributed by atoms with E-state index >= 15 is 0 Å². The zero-order valence-corrected chi connectivity index (χ0v) is 8.25. The summed E-state index contributed by atoms with van der Waals surface area (Å²) in [6, 6.07) is 1.96. The minimum absolute atomic E-state index is 0.542. The summed E-state index contributed by atoms with van der Waals surface area (Å²) < 4.78 is 7.05. The molecule has 1 fully saturated rings. The molecule has 1 aromatic rings. The fourth-order valence-electron chi connectivity index (χ4n) is 1.39. The molecule has 0 aliphatic carbocycles. The third-order valence-electron chi connectivity index (χ3n) is 2.06. The number of nitrogens with zero attached hydrogens (tertiary/aromatic N) is 3. The number of thiocarbonyl (C=S) groups is 1. The fraction of sp³-hybridized carbons (Fsp3) is 0.500. The molecule has 0 aromatic carbocycles. The molecule has 0 atom stereocenters. The second-order valence-electron chi connectivity index (χ2n) is 2.91. The van der Waals surface area contributed by atoms with Crippen LogP contribution in [0.15, 0.2) is 12.3 Å². The Morgan fingerprint density at radius 2 is 2.46 bits per heavy atom. The van der Waals surface area contributed by atoms with Crippen molar-refractivity contribution >= 4 is 23.0 Å². The SMILES string of the molecule is Cn1nccc1N1CCOCC1=S. The first-order valence-corrected chi connectivity index (χ1v) is 4.56. The first kappa shape index (κ1) is 8.65. The van der Waals surface area contributed by atoms with Gasteiger partial charge in [0, 0.05) is 19.7 Å². The lowest BCUT2D eigenvalue weighted by atomic mass is 10.4. The monoisotopic (exact) mass is 197 g/mol. The van der Waals surface area contributed by atoms with Gasteiger partial charge in [-0.05, 0) is 0 Å². The number of rotatable bonds is 1. The maximum atomic E-state index is 5.24. The number of hydrogen-bond acceptors (Lipinski definition) is 3. The van der Waals surface area contributed by atoms with Crippen molar-refractivity contribution in [2.24, 2.45) is 7.05 Å². The summed E-state index contributed by atoms with van der Waals surface area (Å²) in [4.78, 5) is 2.89. The molecule has 0 bridgehead atoms. The lowest BCUT2D eigenvalue weighted by Crippen LogP contribution is -2.41. The Morgan fingerprint density at radius 1 is 1.62 bits per heavy atom. The van der Waals surface area contributed by atoms with Crippen LogP contribution in [0, 0.1) is 0 Å². The molecule has 4 nitrogen and oxygen atoms in total. The van der Waals surface area contributed by atoms with Gasteiger partial charge in [0.05, 0.1) is 19.4 Å². The van der Waals surface area contributed by atoms with Crippen molar-refractivity contribution in [2.75, 3.05) is 24.7 Å². The number of hydrogen-bond donors (Lipinski definition) is 0. The average molecular weight is 197 g/mol. The molecular weight excluding hydrogens is 186 g/mol. The molecule has 1 aromatic heterocycles. The minimum Gasteiger partial charge on any atom is -0.372 e. The van der Waals surface area contributed by atoms with Gasteiger partial charge in [-0.25, -0.2) is 0 Å². The van der Waals surface area contributed by atoms with Crippen molar-refractivity contribution in [1.29, 1.82) is 0 Å². The van der Waals surface area contributed by atoms with Crippen LogP contribution >= 0.6 is 12.2 Å². The average Bonchev–Trinajstić information content (AvgIpc) is 2.52. The van der Waals surface area contributed by atoms with E-state index in [0.717, 1.165) is 24.0 Å². The summed E-state index contributed by atoms with van der Waals surface area (Å²) in [7, 11) is 1.91. The summed E-state index contributed by atoms with van der Waals surface area (Å²) in [5, 5.41) is 4.10. The van der Waals surface area contributed by atoms with E-state index in [0.29, 0.717) is 6.61 Å². The number of morpholine rings is 1. The van der Waals surface area contributed by atoms with E-state index in [-0.39, 0.29) is 0 Å². The van der Waals surface area contributed by atoms with Crippen LogP contribution in [0.2, 0.25) is 0 Å². The standard InChI is InChI=1S/C8H11N3OS/c1-10-7(2-3-9-10)11-4-5-12-6-8(11)13/h2-3H,4-6H2,1H3. The topological polar surface area (TPSA) is 30.3 Å². The predicted octanol–water partition coefficient (Wildman–Crippen LogP) is 0.584. The second kappa shape index (κ2) is 3.43. The van der Waals surface area contributed by atoms with Gasteiger partial charge in [0.25, 0.3) is 0 Å². The van der Waals surface area contributed by atoms with Crippen LogP contribution in [0.3, 0.4) is 0 Å². The van der Waals surface area contributed by atoms with Crippen LogP contribution in [0.25, 0.3) is 0 Å². The molecule has 70 valence electrons. The number of ether oxygens (including phenoxy) is 1. The van der Waals surface area contributed by atoms with E-state index in [2.05, 4.69) is 10.00 Å². The Bertz CT molecular complexity index is 323. The lowest BCUT2D eigenvalue weighted by molar-refractivity contribution is 0.168. The van der Waals surface area contributed by atoms with Crippen molar-refractivity contribution in [3.63, 3.8) is 0 Å². The second-order valence-corrected chi connectivity index (χ2v) is 3.38. The third kappa shape index (κ3) is 1.57. The van der Waals surface area contributed by atoms with Crippen LogP contribution in [-0.2, 0) is 11.8 Å². The smallest absolute Gasteiger partial charge is 0.131 e. The quantitative estimate of drug-likeness (QED) is 0.616. The molecule has 1 aliphatic rings. The number of aryl methyl sites for hydroxylation is 1. The van der Waals surface area contributed by atoms with Crippen molar-refractivity contribution in [3.05, 3.63) is 12.3 Å². The summed E-state index contributed by atoms with van der Waals surface area (Å²) >= 11 is 5.19. The molecular formula is C8H11N3OS. The van der Waals surface area contributed by atoms with Gasteiger partial charge in [-0.15, -0.1) is 0 Å². The van der Waals surface area contributed by atoms with Crippen molar-refractivity contribution in [2.45, 2.75) is 0 Å². The molecule has 5 heteroatoms. The van der Waals surface area contributed by atoms with Crippen LogP contribution < -0.4 is 4.90 Å². The molecule has 2 rings (SSSR count). The van der Waals surface area contributed by atoms with Crippen LogP contribution in [-0.4, -0.2) is 34.5 Å². The van der Waals surface area contributed by atoms with Crippen molar-refractivity contribution in [3.8, 4) is 0 Å². The van der Waals surface area contributed by atoms with E-state index in [1.165, 1.54) is 0 Å². The van der Waals surface area contributed by atoms with Gasteiger partial charge < -0.3 is 9.64 Å². The van der Waals surface area contributed by atoms with Crippen LogP contribution in [0.1, 0.15) is 0 Å². The van der Waals surface area contributed by atoms with E-state index in [9.17, 15) is 0 Å². The summed E-state index contributed by atoms with van der Waals surface area (Å²) in [6.07, 6.45) is 1.77. The Kier molecular flexibility index (Phi) is 2.28. The Balaban J connectivity index is 2.24. The molecule has 1 saturated heterocycles. The highest BCUT2D eigenvalue weighted by Crippen LogP contribution is 2.15. The first-order valence-electron chi connectivity index (χ1n) is 4.15. The normalized spacial score (nSPS) is 17.9. The zero-order valence-electron chi connectivity index (χ0n) is 7.43. The highest BCUT2D eigenvalue weighted by atomic mass is 32.1. The van der Waals surface area contributed by atoms with E-state index < -0.39 is 0 Å². The molecule has 1 aliphatic heterocycles. The molecule has 0 radical (unpaired) electrons. The van der Waals surface area contributed by atoms with Crippen LogP contribution in [0.5, 0.6) is 0 Å². The highest BCUT2D eigenvalue weighted by molar-refractivity contribution is 7.80. The molecule has 0 spiro atoms. The molecule has 0 amide bonds. The first-order chi connectivity index (χ1) is 6.29. The fourth-order valence-corrected chi connectivity index (χ4v) is 1.66. The molecule has 0 saturated carbocycles. The highest BCUT2D eigenvalue weighted by Gasteiger charge is 2.18. The van der Waals surface area contributed by atoms with Gasteiger partial charge in [-0.2, -0.15) is 5.10 Å². The number of anilines is 1. The Labute approximate surface area is 82.1 Å². The van der Waals surface area contributed by atoms with Gasteiger partial charge in [-0.3, -0.25) is 4.68 Å². The predicted molar refractivity (Wildman–Crippen MR) is 54.0 cm³/mol. The summed E-state index contributed by atoms with van der Waals surface area (Å²) in [6.45, 7) is 2.09. The van der Waals surface area contributed by atoms with E-state index in [4.69, 9.17) is 17.0 Å². The largest absolute Gasteiger partial charge is 0.372 e. The molecule has 0 unspecified atom stereocenters. The van der Waals surface area contributed by atoms with E-state index in [1.54, 1.807) is 6.20 Å². The van der Waals surface area contributed by atoms with Crippen molar-refractivity contribution < 1.29 is 4.74 Å². The van der Waals surface area contributed by atoms with Gasteiger partial charge in [0.2, 0.25) is 0 Å². The maximum Gasteiger partial charge on any atom is 0.131 e.